The summed E-state index contributed by atoms with van der Waals surface area (Å²) >= 11 is 0. The van der Waals surface area contributed by atoms with Gasteiger partial charge in [-0.25, -0.2) is 0 Å². The SMILES string of the molecule is CN1CCN(C(=O)CC2(N)COC2)CC1. The van der Waals surface area contributed by atoms with E-state index in [4.69, 9.17) is 10.5 Å². The fraction of sp³-hybridized carbons (Fsp3) is 0.900. The number of carbonyl (C=O) groups is 1. The number of piperazine rings is 1. The zero-order valence-corrected chi connectivity index (χ0v) is 9.24. The van der Waals surface area contributed by atoms with Gasteiger partial charge >= 0.3 is 0 Å². The van der Waals surface area contributed by atoms with E-state index in [0.717, 1.165) is 26.2 Å². The van der Waals surface area contributed by atoms with Crippen LogP contribution in [0.25, 0.3) is 0 Å². The standard InChI is InChI=1S/C10H19N3O2/c1-12-2-4-13(5-3-12)9(14)6-10(11)7-15-8-10/h2-8,11H2,1H3. The van der Waals surface area contributed by atoms with Gasteiger partial charge in [0.05, 0.1) is 18.8 Å². The van der Waals surface area contributed by atoms with Crippen LogP contribution in [0.2, 0.25) is 0 Å². The van der Waals surface area contributed by atoms with Crippen LogP contribution in [0, 0.1) is 0 Å². The van der Waals surface area contributed by atoms with Gasteiger partial charge in [0.25, 0.3) is 0 Å². The number of nitrogens with two attached hydrogens (primary N) is 1. The van der Waals surface area contributed by atoms with Crippen molar-refractivity contribution in [3.63, 3.8) is 0 Å². The molecule has 0 bridgehead atoms. The topological polar surface area (TPSA) is 58.8 Å². The number of nitrogens with zero attached hydrogens (tertiary/aromatic N) is 2. The Morgan fingerprint density at radius 3 is 2.40 bits per heavy atom. The van der Waals surface area contributed by atoms with E-state index in [1.54, 1.807) is 0 Å². The maximum atomic E-state index is 11.9. The maximum absolute atomic E-state index is 11.9. The van der Waals surface area contributed by atoms with Crippen molar-refractivity contribution < 1.29 is 9.53 Å². The van der Waals surface area contributed by atoms with Crippen LogP contribution in [0.5, 0.6) is 0 Å². The minimum Gasteiger partial charge on any atom is -0.377 e. The molecule has 5 heteroatoms. The van der Waals surface area contributed by atoms with Crippen molar-refractivity contribution in [2.45, 2.75) is 12.0 Å². The molecule has 0 unspecified atom stereocenters. The van der Waals surface area contributed by atoms with Crippen LogP contribution in [-0.2, 0) is 9.53 Å². The third-order valence-electron chi connectivity index (χ3n) is 3.14. The lowest BCUT2D eigenvalue weighted by Gasteiger charge is -2.40. The van der Waals surface area contributed by atoms with Crippen molar-refractivity contribution in [3.05, 3.63) is 0 Å². The van der Waals surface area contributed by atoms with Crippen LogP contribution >= 0.6 is 0 Å². The molecule has 0 aromatic carbocycles. The molecule has 0 aromatic heterocycles. The summed E-state index contributed by atoms with van der Waals surface area (Å²) in [5.41, 5.74) is 5.57. The molecule has 0 saturated carbocycles. The van der Waals surface area contributed by atoms with Crippen LogP contribution in [-0.4, -0.2) is 67.7 Å². The highest BCUT2D eigenvalue weighted by molar-refractivity contribution is 5.77. The van der Waals surface area contributed by atoms with Gasteiger partial charge in [-0.15, -0.1) is 0 Å². The van der Waals surface area contributed by atoms with E-state index < -0.39 is 0 Å². The highest BCUT2D eigenvalue weighted by atomic mass is 16.5. The van der Waals surface area contributed by atoms with E-state index in [2.05, 4.69) is 11.9 Å². The Hall–Kier alpha value is -0.650. The number of rotatable bonds is 2. The number of likely N-dealkylation sites (N-methyl/N-ethyl adjacent to an activating group) is 1. The Kier molecular flexibility index (Phi) is 2.95. The van der Waals surface area contributed by atoms with Crippen LogP contribution in [0.1, 0.15) is 6.42 Å². The monoisotopic (exact) mass is 213 g/mol. The molecule has 15 heavy (non-hydrogen) atoms. The van der Waals surface area contributed by atoms with Crippen LogP contribution in [0.4, 0.5) is 0 Å². The molecule has 0 spiro atoms. The van der Waals surface area contributed by atoms with Crippen molar-refractivity contribution in [2.24, 2.45) is 5.73 Å². The molecule has 2 rings (SSSR count). The fourth-order valence-electron chi connectivity index (χ4n) is 1.94. The lowest BCUT2D eigenvalue weighted by atomic mass is 9.94. The normalized spacial score (nSPS) is 26.1. The zero-order chi connectivity index (χ0) is 10.9. The van der Waals surface area contributed by atoms with E-state index in [0.29, 0.717) is 19.6 Å². The molecular formula is C10H19N3O2. The van der Waals surface area contributed by atoms with Gasteiger partial charge in [-0.2, -0.15) is 0 Å². The number of hydrogen-bond acceptors (Lipinski definition) is 4. The van der Waals surface area contributed by atoms with E-state index in [1.807, 2.05) is 4.90 Å². The van der Waals surface area contributed by atoms with Gasteiger partial charge < -0.3 is 20.3 Å². The van der Waals surface area contributed by atoms with E-state index in [9.17, 15) is 4.79 Å². The molecule has 2 aliphatic heterocycles. The summed E-state index contributed by atoms with van der Waals surface area (Å²) in [6.45, 7) is 4.61. The quantitative estimate of drug-likeness (QED) is 0.631. The first-order valence-corrected chi connectivity index (χ1v) is 5.42. The van der Waals surface area contributed by atoms with Crippen molar-refractivity contribution in [3.8, 4) is 0 Å². The molecule has 2 fully saturated rings. The Morgan fingerprint density at radius 2 is 1.93 bits per heavy atom. The van der Waals surface area contributed by atoms with E-state index in [-0.39, 0.29) is 11.4 Å². The predicted molar refractivity (Wildman–Crippen MR) is 56.4 cm³/mol. The summed E-state index contributed by atoms with van der Waals surface area (Å²) in [5, 5.41) is 0. The molecule has 0 aliphatic carbocycles. The summed E-state index contributed by atoms with van der Waals surface area (Å²) in [4.78, 5) is 16.0. The highest BCUT2D eigenvalue weighted by Gasteiger charge is 2.37. The summed E-state index contributed by atoms with van der Waals surface area (Å²) < 4.78 is 5.04. The molecule has 2 N–H and O–H groups in total. The summed E-state index contributed by atoms with van der Waals surface area (Å²) in [6, 6.07) is 0. The first-order chi connectivity index (χ1) is 7.09. The molecule has 5 nitrogen and oxygen atoms in total. The largest absolute Gasteiger partial charge is 0.377 e. The highest BCUT2D eigenvalue weighted by Crippen LogP contribution is 2.19. The Labute approximate surface area is 90.1 Å². The summed E-state index contributed by atoms with van der Waals surface area (Å²) in [6.07, 6.45) is 0.427. The van der Waals surface area contributed by atoms with Crippen molar-refractivity contribution in [1.82, 2.24) is 9.80 Å². The van der Waals surface area contributed by atoms with Crippen LogP contribution in [0.3, 0.4) is 0 Å². The molecule has 0 atom stereocenters. The molecule has 86 valence electrons. The Balaban J connectivity index is 1.80. The van der Waals surface area contributed by atoms with Crippen LogP contribution in [0.15, 0.2) is 0 Å². The van der Waals surface area contributed by atoms with Crippen molar-refractivity contribution >= 4 is 5.91 Å². The lowest BCUT2D eigenvalue weighted by molar-refractivity contribution is -0.139. The minimum absolute atomic E-state index is 0.175. The van der Waals surface area contributed by atoms with Gasteiger partial charge in [-0.3, -0.25) is 4.79 Å². The van der Waals surface area contributed by atoms with Gasteiger partial charge in [-0.05, 0) is 7.05 Å². The lowest BCUT2D eigenvalue weighted by Crippen LogP contribution is -2.60. The molecule has 2 heterocycles. The third-order valence-corrected chi connectivity index (χ3v) is 3.14. The molecular weight excluding hydrogens is 194 g/mol. The third kappa shape index (κ3) is 2.48. The maximum Gasteiger partial charge on any atom is 0.224 e. The number of ether oxygens (including phenoxy) is 1. The minimum atomic E-state index is -0.388. The van der Waals surface area contributed by atoms with Gasteiger partial charge in [0, 0.05) is 32.6 Å². The summed E-state index contributed by atoms with van der Waals surface area (Å²) in [5.74, 6) is 0.175. The Bertz CT molecular complexity index is 245. The van der Waals surface area contributed by atoms with Gasteiger partial charge in [0.15, 0.2) is 0 Å². The number of hydrogen-bond donors (Lipinski definition) is 1. The summed E-state index contributed by atoms with van der Waals surface area (Å²) in [7, 11) is 2.08. The average Bonchev–Trinajstić information content (AvgIpc) is 2.16. The number of amides is 1. The number of carbonyl (C=O) groups excluding carboxylic acids is 1. The van der Waals surface area contributed by atoms with Gasteiger partial charge in [-0.1, -0.05) is 0 Å². The molecule has 2 saturated heterocycles. The van der Waals surface area contributed by atoms with E-state index in [1.165, 1.54) is 0 Å². The second kappa shape index (κ2) is 4.08. The molecule has 0 radical (unpaired) electrons. The second-order valence-electron chi connectivity index (χ2n) is 4.72. The van der Waals surface area contributed by atoms with Crippen LogP contribution < -0.4 is 5.73 Å². The van der Waals surface area contributed by atoms with Crippen molar-refractivity contribution in [2.75, 3.05) is 46.4 Å². The fourth-order valence-corrected chi connectivity index (χ4v) is 1.94. The second-order valence-corrected chi connectivity index (χ2v) is 4.72. The van der Waals surface area contributed by atoms with E-state index >= 15 is 0 Å². The predicted octanol–water partition coefficient (Wildman–Crippen LogP) is -1.12. The zero-order valence-electron chi connectivity index (χ0n) is 9.24. The van der Waals surface area contributed by atoms with Gasteiger partial charge in [0.2, 0.25) is 5.91 Å². The first kappa shape index (κ1) is 10.9. The van der Waals surface area contributed by atoms with Gasteiger partial charge in [0.1, 0.15) is 0 Å². The first-order valence-electron chi connectivity index (χ1n) is 5.42. The molecule has 0 aromatic rings. The smallest absolute Gasteiger partial charge is 0.224 e. The average molecular weight is 213 g/mol. The molecule has 2 aliphatic rings. The van der Waals surface area contributed by atoms with Crippen molar-refractivity contribution in [1.29, 1.82) is 0 Å². The Morgan fingerprint density at radius 1 is 1.33 bits per heavy atom. The molecule has 1 amide bonds.